The monoisotopic (exact) mass is 478 g/mol. The Kier molecular flexibility index (Phi) is 4.73. The number of nitrogens with zero attached hydrogens (tertiary/aromatic N) is 3. The summed E-state index contributed by atoms with van der Waals surface area (Å²) in [7, 11) is 0. The molecule has 4 aliphatic carbocycles. The van der Waals surface area contributed by atoms with Crippen molar-refractivity contribution in [3.8, 4) is 0 Å². The predicted octanol–water partition coefficient (Wildman–Crippen LogP) is 2.26. The van der Waals surface area contributed by atoms with Crippen molar-refractivity contribution in [2.75, 3.05) is 18.5 Å². The molecule has 5 fully saturated rings. The lowest BCUT2D eigenvalue weighted by Crippen LogP contribution is -2.55. The van der Waals surface area contributed by atoms with E-state index >= 15 is 0 Å². The minimum atomic E-state index is -0.725. The lowest BCUT2D eigenvalue weighted by molar-refractivity contribution is -0.148. The summed E-state index contributed by atoms with van der Waals surface area (Å²) in [6.45, 7) is 1.17. The number of aromatic amines is 1. The highest BCUT2D eigenvalue weighted by atomic mass is 16.5. The summed E-state index contributed by atoms with van der Waals surface area (Å²) >= 11 is 0. The number of nitrogens with one attached hydrogen (secondary N) is 3. The van der Waals surface area contributed by atoms with E-state index in [4.69, 9.17) is 9.84 Å². The second kappa shape index (κ2) is 7.76. The minimum absolute atomic E-state index is 0.0590. The number of amides is 2. The molecule has 5 atom stereocenters. The van der Waals surface area contributed by atoms with Gasteiger partial charge >= 0.3 is 11.8 Å². The maximum Gasteiger partial charge on any atom is 0.314 e. The van der Waals surface area contributed by atoms with Gasteiger partial charge in [0, 0.05) is 37.0 Å². The number of fused-ring (bicyclic) bond motifs is 3. The second-order valence-electron chi connectivity index (χ2n) is 11.1. The Morgan fingerprint density at radius 3 is 2.63 bits per heavy atom. The van der Waals surface area contributed by atoms with Crippen LogP contribution in [0.4, 0.5) is 5.82 Å². The first-order valence-electron chi connectivity index (χ1n) is 12.7. The van der Waals surface area contributed by atoms with Crippen LogP contribution < -0.4 is 10.6 Å². The standard InChI is InChI=1S/C25H30N6O4/c32-23(28-16-2-5-35-6-3-16)24(33)29-22-18-12-27-21-17(1-4-26-21)20(18)31(30-22)19-14-7-13-8-15(19)11-25(34,9-13)10-14/h1,4,12-16,19,34H,2-3,5-11H2,(H,26,27)(H,28,32)(H,29,30,33)/t13?,14-,15+,19+,25-. The van der Waals surface area contributed by atoms with Gasteiger partial charge < -0.3 is 25.5 Å². The molecule has 10 heteroatoms. The van der Waals surface area contributed by atoms with Crippen LogP contribution in [0.2, 0.25) is 0 Å². The first-order chi connectivity index (χ1) is 17.0. The van der Waals surface area contributed by atoms with Crippen LogP contribution in [0, 0.1) is 17.8 Å². The molecule has 1 aliphatic heterocycles. The van der Waals surface area contributed by atoms with Crippen molar-refractivity contribution in [3.05, 3.63) is 18.5 Å². The number of anilines is 1. The van der Waals surface area contributed by atoms with Crippen LogP contribution in [0.5, 0.6) is 0 Å². The lowest BCUT2D eigenvalue weighted by atomic mass is 9.52. The summed E-state index contributed by atoms with van der Waals surface area (Å²) in [6, 6.07) is 2.07. The van der Waals surface area contributed by atoms with E-state index in [9.17, 15) is 14.7 Å². The van der Waals surface area contributed by atoms with Crippen LogP contribution in [-0.2, 0) is 14.3 Å². The highest BCUT2D eigenvalue weighted by Gasteiger charge is 2.55. The second-order valence-corrected chi connectivity index (χ2v) is 11.1. The fourth-order valence-corrected chi connectivity index (χ4v) is 7.54. The van der Waals surface area contributed by atoms with Crippen molar-refractivity contribution < 1.29 is 19.4 Å². The van der Waals surface area contributed by atoms with E-state index < -0.39 is 17.4 Å². The number of pyridine rings is 1. The Bertz CT molecular complexity index is 1310. The Hall–Kier alpha value is -2.98. The first-order valence-corrected chi connectivity index (χ1v) is 12.7. The van der Waals surface area contributed by atoms with Gasteiger partial charge in [0.25, 0.3) is 0 Å². The largest absolute Gasteiger partial charge is 0.390 e. The fraction of sp³-hybridized carbons (Fsp3) is 0.600. The Balaban J connectivity index is 1.24. The molecule has 0 aromatic carbocycles. The number of hydrogen-bond donors (Lipinski definition) is 4. The van der Waals surface area contributed by atoms with Crippen LogP contribution in [0.15, 0.2) is 18.5 Å². The Morgan fingerprint density at radius 2 is 1.89 bits per heavy atom. The molecule has 10 nitrogen and oxygen atoms in total. The molecule has 4 N–H and O–H groups in total. The first kappa shape index (κ1) is 21.3. The molecule has 1 saturated heterocycles. The van der Waals surface area contributed by atoms with E-state index in [-0.39, 0.29) is 12.1 Å². The third kappa shape index (κ3) is 3.45. The zero-order valence-corrected chi connectivity index (χ0v) is 19.5. The molecule has 4 heterocycles. The number of rotatable bonds is 3. The van der Waals surface area contributed by atoms with Crippen molar-refractivity contribution in [1.29, 1.82) is 0 Å². The number of H-pyrrole nitrogens is 1. The molecular weight excluding hydrogens is 448 g/mol. The van der Waals surface area contributed by atoms with Crippen LogP contribution in [-0.4, -0.2) is 61.5 Å². The Morgan fingerprint density at radius 1 is 1.11 bits per heavy atom. The zero-order chi connectivity index (χ0) is 23.7. The minimum Gasteiger partial charge on any atom is -0.390 e. The Labute approximate surface area is 201 Å². The summed E-state index contributed by atoms with van der Waals surface area (Å²) in [5.74, 6) is 0.241. The van der Waals surface area contributed by atoms with Gasteiger partial charge in [-0.15, -0.1) is 0 Å². The van der Waals surface area contributed by atoms with E-state index in [0.717, 1.165) is 54.0 Å². The van der Waals surface area contributed by atoms with E-state index in [0.29, 0.717) is 49.6 Å². The average molecular weight is 479 g/mol. The van der Waals surface area contributed by atoms with Crippen LogP contribution in [0.3, 0.4) is 0 Å². The topological polar surface area (TPSA) is 134 Å². The van der Waals surface area contributed by atoms with Crippen LogP contribution in [0.25, 0.3) is 21.9 Å². The SMILES string of the molecule is O=C(Nc1nn([C@H]2[C@@H]3CC4C[C@H]2C[C@@](O)(C4)C3)c2c1cnc1[nH]ccc12)C(=O)NC1CCOCC1. The maximum atomic E-state index is 12.9. The molecule has 4 saturated carbocycles. The van der Waals surface area contributed by atoms with Gasteiger partial charge in [-0.1, -0.05) is 0 Å². The summed E-state index contributed by atoms with van der Waals surface area (Å²) < 4.78 is 7.40. The van der Waals surface area contributed by atoms with Gasteiger partial charge in [0.15, 0.2) is 5.82 Å². The van der Waals surface area contributed by atoms with Gasteiger partial charge in [-0.3, -0.25) is 14.3 Å². The molecule has 3 aromatic rings. The lowest BCUT2D eigenvalue weighted by Gasteiger charge is -2.57. The normalized spacial score (nSPS) is 32.4. The number of aliphatic hydroxyl groups is 1. The van der Waals surface area contributed by atoms with Gasteiger partial charge in [0.2, 0.25) is 0 Å². The molecular formula is C25H30N6O4. The number of aromatic nitrogens is 4. The third-order valence-corrected chi connectivity index (χ3v) is 8.72. The van der Waals surface area contributed by atoms with Crippen molar-refractivity contribution in [1.82, 2.24) is 25.1 Å². The van der Waals surface area contributed by atoms with Crippen molar-refractivity contribution in [2.45, 2.75) is 62.6 Å². The molecule has 4 bridgehead atoms. The molecule has 1 unspecified atom stereocenters. The molecule has 35 heavy (non-hydrogen) atoms. The molecule has 184 valence electrons. The summed E-state index contributed by atoms with van der Waals surface area (Å²) in [5.41, 5.74) is 1.14. The van der Waals surface area contributed by atoms with Crippen LogP contribution >= 0.6 is 0 Å². The predicted molar refractivity (Wildman–Crippen MR) is 128 cm³/mol. The number of carbonyl (C=O) groups excluding carboxylic acids is 2. The van der Waals surface area contributed by atoms with Gasteiger partial charge in [0.05, 0.1) is 22.5 Å². The smallest absolute Gasteiger partial charge is 0.314 e. The quantitative estimate of drug-likeness (QED) is 0.427. The molecule has 3 aromatic heterocycles. The van der Waals surface area contributed by atoms with Gasteiger partial charge in [-0.25, -0.2) is 4.98 Å². The molecule has 2 amide bonds. The van der Waals surface area contributed by atoms with E-state index in [2.05, 4.69) is 25.3 Å². The average Bonchev–Trinajstić information content (AvgIpc) is 3.43. The van der Waals surface area contributed by atoms with Crippen molar-refractivity contribution in [2.24, 2.45) is 17.8 Å². The number of hydrogen-bond acceptors (Lipinski definition) is 6. The molecule has 5 aliphatic rings. The van der Waals surface area contributed by atoms with Gasteiger partial charge in [-0.2, -0.15) is 5.10 Å². The maximum absolute atomic E-state index is 12.9. The van der Waals surface area contributed by atoms with Gasteiger partial charge in [0.1, 0.15) is 5.65 Å². The van der Waals surface area contributed by atoms with Crippen molar-refractivity contribution in [3.63, 3.8) is 0 Å². The van der Waals surface area contributed by atoms with Crippen LogP contribution in [0.1, 0.15) is 51.0 Å². The van der Waals surface area contributed by atoms with E-state index in [1.54, 1.807) is 6.20 Å². The number of ether oxygens (including phenoxy) is 1. The summed E-state index contributed by atoms with van der Waals surface area (Å²) in [6.07, 6.45) is 9.67. The fourth-order valence-electron chi connectivity index (χ4n) is 7.54. The molecule has 0 spiro atoms. The molecule has 0 radical (unpaired) electrons. The van der Waals surface area contributed by atoms with Gasteiger partial charge in [-0.05, 0) is 68.8 Å². The third-order valence-electron chi connectivity index (χ3n) is 8.72. The highest BCUT2D eigenvalue weighted by Crippen LogP contribution is 2.60. The highest BCUT2D eigenvalue weighted by molar-refractivity contribution is 6.40. The van der Waals surface area contributed by atoms with Crippen molar-refractivity contribution >= 4 is 39.6 Å². The van der Waals surface area contributed by atoms with E-state index in [1.165, 1.54) is 0 Å². The zero-order valence-electron chi connectivity index (χ0n) is 19.5. The summed E-state index contributed by atoms with van der Waals surface area (Å²) in [5, 5.41) is 23.2. The molecule has 8 rings (SSSR count). The summed E-state index contributed by atoms with van der Waals surface area (Å²) in [4.78, 5) is 33.2. The number of carbonyl (C=O) groups is 2. The van der Waals surface area contributed by atoms with E-state index in [1.807, 2.05) is 12.3 Å².